The van der Waals surface area contributed by atoms with E-state index in [4.69, 9.17) is 9.90 Å². The van der Waals surface area contributed by atoms with E-state index in [-0.39, 0.29) is 12.3 Å². The van der Waals surface area contributed by atoms with Gasteiger partial charge in [-0.05, 0) is 62.8 Å². The Morgan fingerprint density at radius 1 is 1.28 bits per heavy atom. The van der Waals surface area contributed by atoms with Gasteiger partial charge in [-0.1, -0.05) is 0 Å². The van der Waals surface area contributed by atoms with Gasteiger partial charge >= 0.3 is 0 Å². The number of carbonyl (C=O) groups is 1. The molecule has 1 fully saturated rings. The van der Waals surface area contributed by atoms with E-state index in [0.717, 1.165) is 23.6 Å². The smallest absolute Gasteiger partial charge is 0.290 e. The molecule has 1 N–H and O–H groups in total. The van der Waals surface area contributed by atoms with Crippen LogP contribution >= 0.6 is 0 Å². The highest BCUT2D eigenvalue weighted by Crippen LogP contribution is 2.20. The van der Waals surface area contributed by atoms with E-state index in [1.165, 1.54) is 31.5 Å². The van der Waals surface area contributed by atoms with E-state index in [0.29, 0.717) is 6.04 Å². The van der Waals surface area contributed by atoms with Crippen molar-refractivity contribution in [1.82, 2.24) is 15.1 Å². The van der Waals surface area contributed by atoms with Crippen molar-refractivity contribution in [3.05, 3.63) is 42.2 Å². The fourth-order valence-corrected chi connectivity index (χ4v) is 2.92. The second-order valence-electron chi connectivity index (χ2n) is 6.05. The maximum Gasteiger partial charge on any atom is 0.290 e. The third kappa shape index (κ3) is 5.22. The molecule has 7 heteroatoms. The van der Waals surface area contributed by atoms with Crippen molar-refractivity contribution < 1.29 is 14.3 Å². The first-order valence-electron chi connectivity index (χ1n) is 8.14. The second-order valence-corrected chi connectivity index (χ2v) is 6.05. The molecule has 0 amide bonds. The van der Waals surface area contributed by atoms with Crippen molar-refractivity contribution in [2.75, 3.05) is 32.1 Å². The second kappa shape index (κ2) is 9.08. The number of halogens is 1. The number of aromatic nitrogens is 2. The molecule has 134 valence electrons. The average molecular weight is 346 g/mol. The van der Waals surface area contributed by atoms with E-state index in [2.05, 4.69) is 27.0 Å². The predicted molar refractivity (Wildman–Crippen MR) is 95.0 cm³/mol. The van der Waals surface area contributed by atoms with Crippen molar-refractivity contribution in [1.29, 1.82) is 0 Å². The predicted octanol–water partition coefficient (Wildman–Crippen LogP) is 2.51. The van der Waals surface area contributed by atoms with E-state index in [9.17, 15) is 4.39 Å². The summed E-state index contributed by atoms with van der Waals surface area (Å²) in [6.07, 6.45) is 2.51. The van der Waals surface area contributed by atoms with Crippen LogP contribution in [-0.4, -0.2) is 59.9 Å². The molecule has 1 aliphatic heterocycles. The van der Waals surface area contributed by atoms with E-state index in [1.807, 2.05) is 19.2 Å². The van der Waals surface area contributed by atoms with Gasteiger partial charge in [-0.2, -0.15) is 0 Å². The van der Waals surface area contributed by atoms with Crippen molar-refractivity contribution in [2.45, 2.75) is 18.9 Å². The zero-order chi connectivity index (χ0) is 18.2. The molecule has 0 spiro atoms. The van der Waals surface area contributed by atoms with Gasteiger partial charge in [0.25, 0.3) is 6.47 Å². The van der Waals surface area contributed by atoms with Gasteiger partial charge in [0, 0.05) is 25.2 Å². The molecule has 2 aromatic rings. The molecule has 1 saturated heterocycles. The number of likely N-dealkylation sites (N-methyl/N-ethyl adjacent to an activating group) is 2. The number of hydrogen-bond acceptors (Lipinski definition) is 5. The highest BCUT2D eigenvalue weighted by atomic mass is 19.1. The van der Waals surface area contributed by atoms with Gasteiger partial charge in [-0.15, -0.1) is 10.2 Å². The first-order chi connectivity index (χ1) is 12.0. The molecule has 1 aromatic heterocycles. The minimum absolute atomic E-state index is 0.242. The fraction of sp³-hybridized carbons (Fsp3) is 0.389. The van der Waals surface area contributed by atoms with Crippen LogP contribution in [0.4, 0.5) is 10.2 Å². The van der Waals surface area contributed by atoms with Crippen LogP contribution < -0.4 is 4.90 Å². The lowest BCUT2D eigenvalue weighted by atomic mass is 10.1. The summed E-state index contributed by atoms with van der Waals surface area (Å²) in [6, 6.07) is 10.8. The standard InChI is InChI=1S/C17H21FN4.CH2O2/c1-21-11-3-4-15(21)12-22(2)17-10-9-16(19-20-17)13-5-7-14(18)8-6-13;2-1-3/h5-10,15H,3-4,11-12H2,1-2H3;1H,(H,2,3). The number of anilines is 1. The van der Waals surface area contributed by atoms with Crippen LogP contribution in [0.3, 0.4) is 0 Å². The van der Waals surface area contributed by atoms with Crippen LogP contribution in [0, 0.1) is 5.82 Å². The minimum Gasteiger partial charge on any atom is -0.483 e. The highest BCUT2D eigenvalue weighted by Gasteiger charge is 2.22. The van der Waals surface area contributed by atoms with Crippen molar-refractivity contribution in [3.8, 4) is 11.3 Å². The van der Waals surface area contributed by atoms with Gasteiger partial charge in [0.05, 0.1) is 5.69 Å². The van der Waals surface area contributed by atoms with E-state index in [1.54, 1.807) is 12.1 Å². The Bertz CT molecular complexity index is 664. The Balaban J connectivity index is 0.000000701. The Labute approximate surface area is 146 Å². The molecule has 1 atom stereocenters. The zero-order valence-corrected chi connectivity index (χ0v) is 14.5. The lowest BCUT2D eigenvalue weighted by molar-refractivity contribution is -0.122. The summed E-state index contributed by atoms with van der Waals surface area (Å²) in [5.74, 6) is 0.625. The van der Waals surface area contributed by atoms with Crippen LogP contribution in [0.1, 0.15) is 12.8 Å². The Kier molecular flexibility index (Phi) is 6.82. The first-order valence-corrected chi connectivity index (χ1v) is 8.14. The zero-order valence-electron chi connectivity index (χ0n) is 14.5. The largest absolute Gasteiger partial charge is 0.483 e. The van der Waals surface area contributed by atoms with Crippen LogP contribution in [0.15, 0.2) is 36.4 Å². The van der Waals surface area contributed by atoms with Gasteiger partial charge in [-0.3, -0.25) is 4.79 Å². The Morgan fingerprint density at radius 3 is 2.48 bits per heavy atom. The summed E-state index contributed by atoms with van der Waals surface area (Å²) in [4.78, 5) is 12.9. The fourth-order valence-electron chi connectivity index (χ4n) is 2.92. The number of carboxylic acid groups (broad SMARTS) is 1. The summed E-state index contributed by atoms with van der Waals surface area (Å²) >= 11 is 0. The quantitative estimate of drug-likeness (QED) is 0.858. The third-order valence-electron chi connectivity index (χ3n) is 4.34. The van der Waals surface area contributed by atoms with Crippen LogP contribution in [0.5, 0.6) is 0 Å². The molecule has 3 rings (SSSR count). The monoisotopic (exact) mass is 346 g/mol. The summed E-state index contributed by atoms with van der Waals surface area (Å²) < 4.78 is 13.0. The topological polar surface area (TPSA) is 69.6 Å². The molecule has 6 nitrogen and oxygen atoms in total. The van der Waals surface area contributed by atoms with Gasteiger partial charge < -0.3 is 14.9 Å². The first kappa shape index (κ1) is 18.8. The number of nitrogens with zero attached hydrogens (tertiary/aromatic N) is 4. The van der Waals surface area contributed by atoms with Gasteiger partial charge in [0.15, 0.2) is 5.82 Å². The SMILES string of the molecule is CN(CC1CCCN1C)c1ccc(-c2ccc(F)cc2)nn1.O=CO. The van der Waals surface area contributed by atoms with Crippen LogP contribution in [0.2, 0.25) is 0 Å². The van der Waals surface area contributed by atoms with Crippen molar-refractivity contribution in [2.24, 2.45) is 0 Å². The maximum atomic E-state index is 13.0. The summed E-state index contributed by atoms with van der Waals surface area (Å²) in [7, 11) is 4.22. The van der Waals surface area contributed by atoms with Crippen molar-refractivity contribution in [3.63, 3.8) is 0 Å². The molecule has 0 saturated carbocycles. The van der Waals surface area contributed by atoms with Crippen LogP contribution in [0.25, 0.3) is 11.3 Å². The Hall–Kier alpha value is -2.54. The molecule has 0 aliphatic carbocycles. The lowest BCUT2D eigenvalue weighted by Gasteiger charge is -2.26. The summed E-state index contributed by atoms with van der Waals surface area (Å²) in [5, 5.41) is 15.5. The summed E-state index contributed by atoms with van der Waals surface area (Å²) in [6.45, 7) is 1.88. The van der Waals surface area contributed by atoms with E-state index >= 15 is 0 Å². The lowest BCUT2D eigenvalue weighted by Crippen LogP contribution is -2.37. The van der Waals surface area contributed by atoms with E-state index < -0.39 is 0 Å². The highest BCUT2D eigenvalue weighted by molar-refractivity contribution is 5.59. The van der Waals surface area contributed by atoms with Gasteiger partial charge in [-0.25, -0.2) is 4.39 Å². The molecule has 1 aromatic carbocycles. The summed E-state index contributed by atoms with van der Waals surface area (Å²) in [5.41, 5.74) is 1.63. The molecule has 1 aliphatic rings. The van der Waals surface area contributed by atoms with Crippen LogP contribution in [-0.2, 0) is 4.79 Å². The molecular formula is C18H23FN4O2. The average Bonchev–Trinajstić information content (AvgIpc) is 3.01. The molecule has 25 heavy (non-hydrogen) atoms. The number of likely N-dealkylation sites (tertiary alicyclic amines) is 1. The molecular weight excluding hydrogens is 323 g/mol. The Morgan fingerprint density at radius 2 is 1.96 bits per heavy atom. The van der Waals surface area contributed by atoms with Crippen molar-refractivity contribution >= 4 is 12.3 Å². The number of rotatable bonds is 4. The maximum absolute atomic E-state index is 13.0. The van der Waals surface area contributed by atoms with Gasteiger partial charge in [0.2, 0.25) is 0 Å². The molecule has 0 bridgehead atoms. The van der Waals surface area contributed by atoms with Gasteiger partial charge in [0.1, 0.15) is 5.82 Å². The molecule has 2 heterocycles. The molecule has 0 radical (unpaired) electrons. The third-order valence-corrected chi connectivity index (χ3v) is 4.34. The number of hydrogen-bond donors (Lipinski definition) is 1. The normalized spacial score (nSPS) is 16.8. The number of benzene rings is 1. The molecule has 1 unspecified atom stereocenters. The minimum atomic E-state index is -0.250.